The van der Waals surface area contributed by atoms with E-state index >= 15 is 0 Å². The zero-order chi connectivity index (χ0) is 16.5. The lowest BCUT2D eigenvalue weighted by atomic mass is 9.77. The third-order valence-corrected chi connectivity index (χ3v) is 4.33. The van der Waals surface area contributed by atoms with Gasteiger partial charge in [0.25, 0.3) is 0 Å². The van der Waals surface area contributed by atoms with Gasteiger partial charge in [-0.15, -0.1) is 0 Å². The molecule has 2 rings (SSSR count). The Morgan fingerprint density at radius 2 is 1.82 bits per heavy atom. The predicted octanol–water partition coefficient (Wildman–Crippen LogP) is 2.41. The highest BCUT2D eigenvalue weighted by Gasteiger charge is 2.52. The molecule has 22 heavy (non-hydrogen) atoms. The number of hydrogen-bond acceptors (Lipinski definition) is 5. The summed E-state index contributed by atoms with van der Waals surface area (Å²) in [4.78, 5) is 0. The number of aliphatic hydroxyl groups is 1. The summed E-state index contributed by atoms with van der Waals surface area (Å²) in [5.74, 6) is 0.396. The fourth-order valence-corrected chi connectivity index (χ4v) is 2.20. The minimum absolute atomic E-state index is 0.0208. The Morgan fingerprint density at radius 3 is 2.32 bits per heavy atom. The van der Waals surface area contributed by atoms with Gasteiger partial charge >= 0.3 is 7.12 Å². The number of ether oxygens (including phenoxy) is 1. The van der Waals surface area contributed by atoms with Gasteiger partial charge in [-0.2, -0.15) is 0 Å². The monoisotopic (exact) mass is 306 g/mol. The van der Waals surface area contributed by atoms with Crippen molar-refractivity contribution in [1.82, 2.24) is 0 Å². The van der Waals surface area contributed by atoms with Crippen LogP contribution in [-0.4, -0.2) is 42.3 Å². The molecule has 2 N–H and O–H groups in total. The van der Waals surface area contributed by atoms with Crippen molar-refractivity contribution in [2.75, 3.05) is 13.7 Å². The van der Waals surface area contributed by atoms with Crippen molar-refractivity contribution in [3.05, 3.63) is 29.2 Å². The zero-order valence-corrected chi connectivity index (χ0v) is 13.7. The summed E-state index contributed by atoms with van der Waals surface area (Å²) < 4.78 is 16.9. The van der Waals surface area contributed by atoms with Gasteiger partial charge in [0, 0.05) is 5.56 Å². The lowest BCUT2D eigenvalue weighted by molar-refractivity contribution is 0.00578. The fourth-order valence-electron chi connectivity index (χ4n) is 2.20. The highest BCUT2D eigenvalue weighted by atomic mass is 16.7. The summed E-state index contributed by atoms with van der Waals surface area (Å²) >= 11 is 0. The molecule has 1 aromatic carbocycles. The molecule has 1 heterocycles. The van der Waals surface area contributed by atoms with E-state index in [1.165, 1.54) is 7.11 Å². The number of phenols is 1. The second-order valence-electron chi connectivity index (χ2n) is 6.36. The Hall–Kier alpha value is -1.50. The van der Waals surface area contributed by atoms with Crippen molar-refractivity contribution < 1.29 is 24.3 Å². The summed E-state index contributed by atoms with van der Waals surface area (Å²) in [5, 5.41) is 19.8. The Balaban J connectivity index is 2.34. The molecule has 0 spiro atoms. The van der Waals surface area contributed by atoms with E-state index in [0.717, 1.165) is 0 Å². The number of hydrogen-bond donors (Lipinski definition) is 2. The molecule has 120 valence electrons. The van der Waals surface area contributed by atoms with Crippen molar-refractivity contribution >= 4 is 13.2 Å². The number of methoxy groups -OCH3 is 1. The molecule has 1 fully saturated rings. The number of aliphatic hydroxyl groups excluding tert-OH is 1. The topological polar surface area (TPSA) is 68.2 Å². The first-order chi connectivity index (χ1) is 10.2. The second kappa shape index (κ2) is 5.95. The maximum absolute atomic E-state index is 10.1. The van der Waals surface area contributed by atoms with Gasteiger partial charge < -0.3 is 24.3 Å². The van der Waals surface area contributed by atoms with E-state index in [9.17, 15) is 10.2 Å². The molecule has 0 bridgehead atoms. The highest BCUT2D eigenvalue weighted by Crippen LogP contribution is 2.39. The van der Waals surface area contributed by atoms with Crippen molar-refractivity contribution in [3.8, 4) is 11.5 Å². The number of rotatable bonds is 4. The fraction of sp³-hybridized carbons (Fsp3) is 0.500. The van der Waals surface area contributed by atoms with Crippen molar-refractivity contribution in [2.45, 2.75) is 38.9 Å². The molecule has 0 aromatic heterocycles. The zero-order valence-electron chi connectivity index (χ0n) is 13.7. The van der Waals surface area contributed by atoms with Crippen LogP contribution in [0.25, 0.3) is 6.08 Å². The molecule has 1 saturated heterocycles. The van der Waals surface area contributed by atoms with Gasteiger partial charge in [-0.05, 0) is 39.2 Å². The molecule has 0 atom stereocenters. The van der Waals surface area contributed by atoms with Crippen LogP contribution in [0.4, 0.5) is 0 Å². The average Bonchev–Trinajstić information content (AvgIpc) is 2.66. The van der Waals surface area contributed by atoms with Crippen LogP contribution >= 0.6 is 0 Å². The van der Waals surface area contributed by atoms with Gasteiger partial charge in [0.15, 0.2) is 11.5 Å². The van der Waals surface area contributed by atoms with E-state index in [1.54, 1.807) is 24.3 Å². The first-order valence-corrected chi connectivity index (χ1v) is 7.25. The van der Waals surface area contributed by atoms with Gasteiger partial charge in [0.1, 0.15) is 0 Å². The van der Waals surface area contributed by atoms with Crippen molar-refractivity contribution in [3.63, 3.8) is 0 Å². The second-order valence-corrected chi connectivity index (χ2v) is 6.36. The molecule has 0 aliphatic carbocycles. The smallest absolute Gasteiger partial charge is 0.492 e. The highest BCUT2D eigenvalue weighted by molar-refractivity contribution is 6.55. The molecule has 0 unspecified atom stereocenters. The van der Waals surface area contributed by atoms with Crippen LogP contribution in [0.5, 0.6) is 11.5 Å². The quantitative estimate of drug-likeness (QED) is 0.836. The van der Waals surface area contributed by atoms with E-state index in [1.807, 2.05) is 27.7 Å². The van der Waals surface area contributed by atoms with Crippen LogP contribution in [0.15, 0.2) is 23.7 Å². The van der Waals surface area contributed by atoms with Crippen LogP contribution in [0.3, 0.4) is 0 Å². The van der Waals surface area contributed by atoms with Crippen LogP contribution in [0, 0.1) is 0 Å². The third-order valence-electron chi connectivity index (χ3n) is 4.33. The van der Waals surface area contributed by atoms with Gasteiger partial charge in [-0.1, -0.05) is 18.2 Å². The van der Waals surface area contributed by atoms with Crippen LogP contribution in [-0.2, 0) is 9.31 Å². The number of para-hydroxylation sites is 1. The van der Waals surface area contributed by atoms with E-state index in [4.69, 9.17) is 14.0 Å². The first kappa shape index (κ1) is 16.9. The Labute approximate surface area is 131 Å². The molecular formula is C16H23BO5. The van der Waals surface area contributed by atoms with Gasteiger partial charge in [-0.25, -0.2) is 0 Å². The molecule has 5 nitrogen and oxygen atoms in total. The Kier molecular flexibility index (Phi) is 4.56. The normalized spacial score (nSPS) is 20.3. The minimum Gasteiger partial charge on any atom is -0.504 e. The van der Waals surface area contributed by atoms with Gasteiger partial charge in [0.2, 0.25) is 0 Å². The van der Waals surface area contributed by atoms with Gasteiger partial charge in [0.05, 0.1) is 24.9 Å². The summed E-state index contributed by atoms with van der Waals surface area (Å²) in [6.07, 6.45) is 1.67. The summed E-state index contributed by atoms with van der Waals surface area (Å²) in [7, 11) is 0.838. The summed E-state index contributed by atoms with van der Waals surface area (Å²) in [5.41, 5.74) is 0.116. The number of benzene rings is 1. The maximum atomic E-state index is 10.1. The standard InChI is InChI=1S/C16H23BO5/c1-15(2)16(3,4)22-17(21-15)12(10-18)9-11-7-6-8-13(20-5)14(11)19/h6-9,18-19H,10H2,1-5H3. The van der Waals surface area contributed by atoms with E-state index in [-0.39, 0.29) is 12.4 Å². The Morgan fingerprint density at radius 1 is 1.23 bits per heavy atom. The average molecular weight is 306 g/mol. The lowest BCUT2D eigenvalue weighted by Gasteiger charge is -2.32. The summed E-state index contributed by atoms with van der Waals surface area (Å²) in [6, 6.07) is 5.17. The summed E-state index contributed by atoms with van der Waals surface area (Å²) in [6.45, 7) is 7.57. The number of phenolic OH excluding ortho intramolecular Hbond substituents is 1. The van der Waals surface area contributed by atoms with Crippen LogP contribution in [0.2, 0.25) is 0 Å². The van der Waals surface area contributed by atoms with Crippen molar-refractivity contribution in [2.24, 2.45) is 0 Å². The lowest BCUT2D eigenvalue weighted by Crippen LogP contribution is -2.41. The van der Waals surface area contributed by atoms with Gasteiger partial charge in [-0.3, -0.25) is 0 Å². The van der Waals surface area contributed by atoms with Crippen LogP contribution < -0.4 is 4.74 Å². The van der Waals surface area contributed by atoms with E-state index in [0.29, 0.717) is 16.8 Å². The maximum Gasteiger partial charge on any atom is 0.492 e. The van der Waals surface area contributed by atoms with Crippen LogP contribution in [0.1, 0.15) is 33.3 Å². The third kappa shape index (κ3) is 3.00. The Bertz CT molecular complexity index is 564. The molecule has 1 aromatic rings. The number of aromatic hydroxyl groups is 1. The van der Waals surface area contributed by atoms with E-state index < -0.39 is 18.3 Å². The molecule has 6 heteroatoms. The minimum atomic E-state index is -0.652. The molecule has 0 amide bonds. The van der Waals surface area contributed by atoms with Crippen molar-refractivity contribution in [1.29, 1.82) is 0 Å². The molecule has 1 aliphatic rings. The molecule has 1 aliphatic heterocycles. The molecule has 0 radical (unpaired) electrons. The molecule has 0 saturated carbocycles. The largest absolute Gasteiger partial charge is 0.504 e. The predicted molar refractivity (Wildman–Crippen MR) is 85.8 cm³/mol. The van der Waals surface area contributed by atoms with E-state index in [2.05, 4.69) is 0 Å². The SMILES string of the molecule is COc1cccc(C=C(CO)B2OC(C)(C)C(C)(C)O2)c1O. The molecular weight excluding hydrogens is 283 g/mol. The first-order valence-electron chi connectivity index (χ1n) is 7.25.